The minimum absolute atomic E-state index is 0.137. The number of hydrogen-bond acceptors (Lipinski definition) is 7. The molecule has 0 spiro atoms. The molecule has 0 unspecified atom stereocenters. The standard InChI is InChI=1S/C13H12N2O4.C13H14N2O2/c1-2-19-13(16)10-5-6-11(12(9-10)15(17)18)14-7-3-4-8-14;1-2-17-13(16)10-5-6-12(11(14)9-10)15-7-3-4-8-15/h3-9H,2H2,1H3;3-9H,2,14H2,1H3. The molecular weight excluding hydrogens is 464 g/mol. The number of nitrogens with two attached hydrogens (primary N) is 1. The Hall–Kier alpha value is -4.86. The Kier molecular flexibility index (Phi) is 8.60. The minimum Gasteiger partial charge on any atom is -0.462 e. The fourth-order valence-corrected chi connectivity index (χ4v) is 3.35. The maximum atomic E-state index is 11.6. The van der Waals surface area contributed by atoms with E-state index in [2.05, 4.69) is 0 Å². The first-order valence-electron chi connectivity index (χ1n) is 11.1. The van der Waals surface area contributed by atoms with Crippen molar-refractivity contribution in [3.8, 4) is 11.4 Å². The van der Waals surface area contributed by atoms with Crippen LogP contribution in [0.4, 0.5) is 11.4 Å². The summed E-state index contributed by atoms with van der Waals surface area (Å²) >= 11 is 0. The van der Waals surface area contributed by atoms with Crippen molar-refractivity contribution in [1.29, 1.82) is 0 Å². The summed E-state index contributed by atoms with van der Waals surface area (Å²) in [6.45, 7) is 4.04. The zero-order valence-corrected chi connectivity index (χ0v) is 19.9. The van der Waals surface area contributed by atoms with Crippen molar-refractivity contribution in [3.05, 3.63) is 107 Å². The van der Waals surface area contributed by atoms with Crippen LogP contribution in [0.1, 0.15) is 34.6 Å². The van der Waals surface area contributed by atoms with E-state index in [4.69, 9.17) is 15.2 Å². The number of esters is 2. The zero-order valence-electron chi connectivity index (χ0n) is 19.9. The van der Waals surface area contributed by atoms with Crippen LogP contribution in [0.3, 0.4) is 0 Å². The molecule has 2 aromatic heterocycles. The van der Waals surface area contributed by atoms with Crippen LogP contribution in [-0.4, -0.2) is 39.2 Å². The van der Waals surface area contributed by atoms with Crippen molar-refractivity contribution in [1.82, 2.24) is 9.13 Å². The zero-order chi connectivity index (χ0) is 26.1. The molecule has 0 saturated carbocycles. The molecule has 0 bridgehead atoms. The van der Waals surface area contributed by atoms with Crippen molar-refractivity contribution < 1.29 is 24.0 Å². The van der Waals surface area contributed by atoms with E-state index >= 15 is 0 Å². The Balaban J connectivity index is 0.000000202. The topological polar surface area (TPSA) is 132 Å². The highest BCUT2D eigenvalue weighted by molar-refractivity contribution is 5.91. The molecule has 10 nitrogen and oxygen atoms in total. The van der Waals surface area contributed by atoms with Crippen molar-refractivity contribution in [2.45, 2.75) is 13.8 Å². The van der Waals surface area contributed by atoms with Crippen LogP contribution in [0.5, 0.6) is 0 Å². The molecule has 0 fully saturated rings. The van der Waals surface area contributed by atoms with Crippen LogP contribution in [0, 0.1) is 10.1 Å². The summed E-state index contributed by atoms with van der Waals surface area (Å²) in [5.41, 5.74) is 8.23. The summed E-state index contributed by atoms with van der Waals surface area (Å²) in [5.74, 6) is -0.914. The van der Waals surface area contributed by atoms with Crippen LogP contribution < -0.4 is 5.73 Å². The third-order valence-electron chi connectivity index (χ3n) is 4.99. The van der Waals surface area contributed by atoms with Gasteiger partial charge < -0.3 is 24.3 Å². The molecule has 0 aliphatic carbocycles. The van der Waals surface area contributed by atoms with Crippen molar-refractivity contribution in [2.24, 2.45) is 0 Å². The number of aromatic nitrogens is 2. The van der Waals surface area contributed by atoms with Crippen LogP contribution in [0.25, 0.3) is 11.4 Å². The Morgan fingerprint density at radius 2 is 1.25 bits per heavy atom. The highest BCUT2D eigenvalue weighted by Crippen LogP contribution is 2.25. The number of anilines is 1. The predicted molar refractivity (Wildman–Crippen MR) is 135 cm³/mol. The first kappa shape index (κ1) is 25.8. The second-order valence-electron chi connectivity index (χ2n) is 7.36. The summed E-state index contributed by atoms with van der Waals surface area (Å²) in [7, 11) is 0. The van der Waals surface area contributed by atoms with E-state index in [0.717, 1.165) is 5.69 Å². The summed E-state index contributed by atoms with van der Waals surface area (Å²) in [6, 6.07) is 16.8. The molecule has 0 amide bonds. The van der Waals surface area contributed by atoms with Crippen LogP contribution in [0.2, 0.25) is 0 Å². The summed E-state index contributed by atoms with van der Waals surface area (Å²) in [4.78, 5) is 33.6. The number of nitro benzene ring substituents is 1. The fourth-order valence-electron chi connectivity index (χ4n) is 3.35. The number of rotatable bonds is 7. The average Bonchev–Trinajstić information content (AvgIpc) is 3.59. The number of nitrogens with zero attached hydrogens (tertiary/aromatic N) is 3. The Morgan fingerprint density at radius 1 is 0.806 bits per heavy atom. The fraction of sp³-hybridized carbons (Fsp3) is 0.154. The van der Waals surface area contributed by atoms with Crippen molar-refractivity contribution in [2.75, 3.05) is 18.9 Å². The highest BCUT2D eigenvalue weighted by Gasteiger charge is 2.19. The molecule has 0 saturated heterocycles. The monoisotopic (exact) mass is 490 g/mol. The number of nitro groups is 1. The molecule has 0 aliphatic rings. The molecule has 2 N–H and O–H groups in total. The van der Waals surface area contributed by atoms with E-state index in [1.165, 1.54) is 18.2 Å². The predicted octanol–water partition coefficient (Wildman–Crippen LogP) is 4.80. The normalized spacial score (nSPS) is 10.2. The SMILES string of the molecule is CCOC(=O)c1ccc(-n2cccc2)c(N)c1.CCOC(=O)c1ccc(-n2cccc2)c([N+](=O)[O-])c1. The first-order chi connectivity index (χ1) is 17.3. The Labute approximate surface area is 207 Å². The number of carbonyl (C=O) groups excluding carboxylic acids is 2. The molecular formula is C26H26N4O6. The second-order valence-corrected chi connectivity index (χ2v) is 7.36. The van der Waals surface area contributed by atoms with Gasteiger partial charge in [-0.3, -0.25) is 10.1 Å². The number of carbonyl (C=O) groups is 2. The van der Waals surface area contributed by atoms with Gasteiger partial charge in [0.1, 0.15) is 5.69 Å². The van der Waals surface area contributed by atoms with Gasteiger partial charge in [-0.2, -0.15) is 0 Å². The molecule has 0 aliphatic heterocycles. The lowest BCUT2D eigenvalue weighted by molar-refractivity contribution is -0.384. The Bertz CT molecular complexity index is 1330. The molecule has 186 valence electrons. The van der Waals surface area contributed by atoms with E-state index < -0.39 is 10.9 Å². The van der Waals surface area contributed by atoms with Gasteiger partial charge in [0, 0.05) is 30.9 Å². The number of ether oxygens (including phenoxy) is 2. The number of benzene rings is 2. The molecule has 0 radical (unpaired) electrons. The number of nitrogen functional groups attached to an aromatic ring is 1. The van der Waals surface area contributed by atoms with Gasteiger partial charge in [0.25, 0.3) is 5.69 Å². The maximum absolute atomic E-state index is 11.6. The van der Waals surface area contributed by atoms with E-state index in [0.29, 0.717) is 23.5 Å². The molecule has 36 heavy (non-hydrogen) atoms. The lowest BCUT2D eigenvalue weighted by Gasteiger charge is -2.08. The molecule has 4 rings (SSSR count). The largest absolute Gasteiger partial charge is 0.462 e. The van der Waals surface area contributed by atoms with Gasteiger partial charge in [-0.15, -0.1) is 0 Å². The quantitative estimate of drug-likeness (QED) is 0.170. The Morgan fingerprint density at radius 3 is 1.69 bits per heavy atom. The van der Waals surface area contributed by atoms with Gasteiger partial charge in [0.15, 0.2) is 0 Å². The van der Waals surface area contributed by atoms with Crippen LogP contribution >= 0.6 is 0 Å². The maximum Gasteiger partial charge on any atom is 0.338 e. The lowest BCUT2D eigenvalue weighted by Crippen LogP contribution is -2.06. The van der Waals surface area contributed by atoms with E-state index in [1.807, 2.05) is 35.2 Å². The lowest BCUT2D eigenvalue weighted by atomic mass is 10.1. The summed E-state index contributed by atoms with van der Waals surface area (Å²) in [5, 5.41) is 11.1. The van der Waals surface area contributed by atoms with Gasteiger partial charge in [-0.1, -0.05) is 0 Å². The van der Waals surface area contributed by atoms with Crippen LogP contribution in [0.15, 0.2) is 85.5 Å². The summed E-state index contributed by atoms with van der Waals surface area (Å²) in [6.07, 6.45) is 7.20. The molecule has 10 heteroatoms. The highest BCUT2D eigenvalue weighted by atomic mass is 16.6. The van der Waals surface area contributed by atoms with Crippen molar-refractivity contribution in [3.63, 3.8) is 0 Å². The minimum atomic E-state index is -0.565. The molecule has 2 aromatic carbocycles. The third-order valence-corrected chi connectivity index (χ3v) is 4.99. The molecule has 4 aromatic rings. The van der Waals surface area contributed by atoms with Crippen LogP contribution in [-0.2, 0) is 9.47 Å². The van der Waals surface area contributed by atoms with E-state index in [1.54, 1.807) is 55.1 Å². The summed E-state index contributed by atoms with van der Waals surface area (Å²) < 4.78 is 13.2. The van der Waals surface area contributed by atoms with Gasteiger partial charge >= 0.3 is 11.9 Å². The van der Waals surface area contributed by atoms with E-state index in [9.17, 15) is 19.7 Å². The van der Waals surface area contributed by atoms with E-state index in [-0.39, 0.29) is 23.8 Å². The van der Waals surface area contributed by atoms with Gasteiger partial charge in [-0.25, -0.2) is 9.59 Å². The number of hydrogen-bond donors (Lipinski definition) is 1. The first-order valence-corrected chi connectivity index (χ1v) is 11.1. The second kappa shape index (κ2) is 12.0. The van der Waals surface area contributed by atoms with Gasteiger partial charge in [0.05, 0.1) is 40.6 Å². The third kappa shape index (κ3) is 6.17. The van der Waals surface area contributed by atoms with Gasteiger partial charge in [0.2, 0.25) is 0 Å². The molecule has 0 atom stereocenters. The van der Waals surface area contributed by atoms with Gasteiger partial charge in [-0.05, 0) is 68.4 Å². The molecule has 2 heterocycles. The smallest absolute Gasteiger partial charge is 0.338 e. The average molecular weight is 491 g/mol. The van der Waals surface area contributed by atoms with Crippen molar-refractivity contribution >= 4 is 23.3 Å².